The molecule has 0 saturated carbocycles. The Morgan fingerprint density at radius 2 is 1.50 bits per heavy atom. The number of aryl methyl sites for hydroxylation is 4. The van der Waals surface area contributed by atoms with Crippen LogP contribution in [0.25, 0.3) is 28.2 Å². The van der Waals surface area contributed by atoms with E-state index < -0.39 is 0 Å². The van der Waals surface area contributed by atoms with Crippen molar-refractivity contribution in [2.45, 2.75) is 40.5 Å². The van der Waals surface area contributed by atoms with E-state index in [2.05, 4.69) is 85.9 Å². The minimum absolute atomic E-state index is 0. The van der Waals surface area contributed by atoms with E-state index in [1.165, 1.54) is 39.1 Å². The average molecular weight is 572 g/mol. The van der Waals surface area contributed by atoms with Crippen molar-refractivity contribution < 1.29 is 20.1 Å². The van der Waals surface area contributed by atoms with Gasteiger partial charge in [-0.05, 0) is 61.1 Å². The largest absolute Gasteiger partial charge is 0.340 e. The van der Waals surface area contributed by atoms with E-state index in [-0.39, 0.29) is 20.1 Å². The van der Waals surface area contributed by atoms with E-state index in [4.69, 9.17) is 0 Å². The monoisotopic (exact) mass is 572 g/mol. The van der Waals surface area contributed by atoms with Gasteiger partial charge < -0.3 is 4.57 Å². The normalized spacial score (nSPS) is 10.7. The van der Waals surface area contributed by atoms with E-state index in [0.29, 0.717) is 0 Å². The summed E-state index contributed by atoms with van der Waals surface area (Å²) in [6, 6.07) is 22.8. The van der Waals surface area contributed by atoms with Crippen molar-refractivity contribution in [3.63, 3.8) is 0 Å². The number of hydrogen-bond acceptors (Lipinski definition) is 1. The summed E-state index contributed by atoms with van der Waals surface area (Å²) in [5.41, 5.74) is 10.1. The minimum atomic E-state index is 0. The number of aromatic nitrogens is 2. The molecular formula is C27H27IrN2-. The van der Waals surface area contributed by atoms with Gasteiger partial charge in [-0.15, -0.1) is 35.9 Å². The van der Waals surface area contributed by atoms with Crippen molar-refractivity contribution >= 4 is 0 Å². The molecule has 0 aliphatic rings. The molecule has 3 heteroatoms. The Kier molecular flexibility index (Phi) is 7.07. The molecule has 30 heavy (non-hydrogen) atoms. The number of benzene rings is 3. The van der Waals surface area contributed by atoms with Gasteiger partial charge in [-0.25, -0.2) is 0 Å². The summed E-state index contributed by atoms with van der Waals surface area (Å²) < 4.78 is 2.23. The molecule has 2 nitrogen and oxygen atoms in total. The van der Waals surface area contributed by atoms with E-state index in [9.17, 15) is 0 Å². The minimum Gasteiger partial charge on any atom is -0.340 e. The second-order valence-corrected chi connectivity index (χ2v) is 7.62. The summed E-state index contributed by atoms with van der Waals surface area (Å²) in [6.45, 7) is 8.80. The molecule has 0 aliphatic carbocycles. The van der Waals surface area contributed by atoms with Crippen LogP contribution in [0.5, 0.6) is 0 Å². The summed E-state index contributed by atoms with van der Waals surface area (Å²) >= 11 is 0. The van der Waals surface area contributed by atoms with Gasteiger partial charge in [0.1, 0.15) is 0 Å². The third kappa shape index (κ3) is 4.33. The molecule has 3 aromatic carbocycles. The maximum Gasteiger partial charge on any atom is 0.0602 e. The Bertz CT molecular complexity index is 1100. The molecule has 0 saturated heterocycles. The number of hydrogen-bond donors (Lipinski definition) is 0. The van der Waals surface area contributed by atoms with E-state index in [1.807, 2.05) is 24.4 Å². The molecule has 155 valence electrons. The van der Waals surface area contributed by atoms with Crippen molar-refractivity contribution in [1.82, 2.24) is 9.55 Å². The fraction of sp³-hybridized carbons (Fsp3) is 0.222. The Balaban J connectivity index is 0.00000256. The molecule has 0 aliphatic heterocycles. The topological polar surface area (TPSA) is 17.8 Å². The van der Waals surface area contributed by atoms with Crippen LogP contribution in [0.15, 0.2) is 67.0 Å². The Morgan fingerprint density at radius 3 is 2.07 bits per heavy atom. The molecule has 1 aromatic heterocycles. The third-order valence-corrected chi connectivity index (χ3v) is 5.42. The van der Waals surface area contributed by atoms with Crippen molar-refractivity contribution in [1.29, 1.82) is 0 Å². The first-order chi connectivity index (χ1) is 14.1. The predicted molar refractivity (Wildman–Crippen MR) is 122 cm³/mol. The number of imidazole rings is 1. The van der Waals surface area contributed by atoms with Gasteiger partial charge in [0.15, 0.2) is 0 Å². The maximum atomic E-state index is 4.65. The van der Waals surface area contributed by atoms with Gasteiger partial charge in [0.2, 0.25) is 0 Å². The van der Waals surface area contributed by atoms with Crippen molar-refractivity contribution in [3.8, 4) is 28.2 Å². The molecule has 0 N–H and O–H groups in total. The molecule has 0 amide bonds. The van der Waals surface area contributed by atoms with Crippen molar-refractivity contribution in [2.75, 3.05) is 0 Å². The zero-order valence-corrected chi connectivity index (χ0v) is 20.4. The second-order valence-electron chi connectivity index (χ2n) is 7.62. The maximum absolute atomic E-state index is 4.65. The van der Waals surface area contributed by atoms with Gasteiger partial charge in [-0.1, -0.05) is 43.2 Å². The zero-order chi connectivity index (χ0) is 20.4. The first-order valence-electron chi connectivity index (χ1n) is 10.4. The second kappa shape index (κ2) is 9.55. The summed E-state index contributed by atoms with van der Waals surface area (Å²) in [5.74, 6) is 0.939. The van der Waals surface area contributed by atoms with E-state index in [0.717, 1.165) is 24.2 Å². The Hall–Kier alpha value is -2.48. The molecule has 0 spiro atoms. The van der Waals surface area contributed by atoms with Crippen LogP contribution in [0.1, 0.15) is 36.1 Å². The first-order valence-corrected chi connectivity index (χ1v) is 10.4. The molecule has 0 unspecified atom stereocenters. The predicted octanol–water partition coefficient (Wildman–Crippen LogP) is 6.75. The standard InChI is InChI=1S/C27H27N2.Ir/c1-5-21-17-25(24-15-19(3)14-20(4)16-24)18-22(6-2)26(21)29-13-12-28-27(29)23-10-8-7-9-11-23;/h7-10,12-18H,5-6H2,1-4H3;/q-1;. The molecule has 0 fully saturated rings. The SMILES string of the molecule is CCc1cc(-c2cc(C)cc(C)c2)cc(CC)c1-n1ccnc1-c1[c-]cccc1.[Ir]. The molecule has 4 aromatic rings. The summed E-state index contributed by atoms with van der Waals surface area (Å²) in [4.78, 5) is 4.65. The molecule has 4 rings (SSSR count). The molecule has 1 heterocycles. The molecule has 0 bridgehead atoms. The van der Waals surface area contributed by atoms with Gasteiger partial charge >= 0.3 is 0 Å². The molecule has 1 radical (unpaired) electrons. The smallest absolute Gasteiger partial charge is 0.0602 e. The Labute approximate surface area is 193 Å². The number of rotatable bonds is 5. The van der Waals surface area contributed by atoms with Crippen LogP contribution in [0.4, 0.5) is 0 Å². The summed E-state index contributed by atoms with van der Waals surface area (Å²) in [6.07, 6.45) is 5.89. The molecular weight excluding hydrogens is 545 g/mol. The van der Waals surface area contributed by atoms with Crippen LogP contribution < -0.4 is 0 Å². The van der Waals surface area contributed by atoms with Gasteiger partial charge in [0, 0.05) is 38.2 Å². The molecule has 0 atom stereocenters. The fourth-order valence-corrected chi connectivity index (χ4v) is 4.13. The van der Waals surface area contributed by atoms with Crippen molar-refractivity contribution in [3.05, 3.63) is 95.3 Å². The van der Waals surface area contributed by atoms with Crippen molar-refractivity contribution in [2.24, 2.45) is 0 Å². The van der Waals surface area contributed by atoms with Crippen LogP contribution in [0.2, 0.25) is 0 Å². The third-order valence-electron chi connectivity index (χ3n) is 5.42. The van der Waals surface area contributed by atoms with Crippen LogP contribution >= 0.6 is 0 Å². The van der Waals surface area contributed by atoms with E-state index >= 15 is 0 Å². The fourth-order valence-electron chi connectivity index (χ4n) is 4.13. The van der Waals surface area contributed by atoms with Gasteiger partial charge in [-0.2, -0.15) is 0 Å². The van der Waals surface area contributed by atoms with Gasteiger partial charge in [-0.3, -0.25) is 4.98 Å². The summed E-state index contributed by atoms with van der Waals surface area (Å²) in [7, 11) is 0. The van der Waals surface area contributed by atoms with E-state index in [1.54, 1.807) is 0 Å². The number of nitrogens with zero attached hydrogens (tertiary/aromatic N) is 2. The Morgan fingerprint density at radius 1 is 0.867 bits per heavy atom. The summed E-state index contributed by atoms with van der Waals surface area (Å²) in [5, 5.41) is 0. The van der Waals surface area contributed by atoms with Gasteiger partial charge in [0.25, 0.3) is 0 Å². The van der Waals surface area contributed by atoms with Crippen LogP contribution in [-0.4, -0.2) is 9.55 Å². The van der Waals surface area contributed by atoms with Crippen LogP contribution in [0, 0.1) is 19.9 Å². The zero-order valence-electron chi connectivity index (χ0n) is 18.0. The van der Waals surface area contributed by atoms with Crippen LogP contribution in [0.3, 0.4) is 0 Å². The first kappa shape index (κ1) is 22.2. The van der Waals surface area contributed by atoms with Crippen LogP contribution in [-0.2, 0) is 32.9 Å². The average Bonchev–Trinajstić information content (AvgIpc) is 3.22. The van der Waals surface area contributed by atoms with Gasteiger partial charge in [0.05, 0.1) is 5.82 Å². The quantitative estimate of drug-likeness (QED) is 0.243.